The van der Waals surface area contributed by atoms with Crippen LogP contribution in [0.15, 0.2) is 0 Å². The monoisotopic (exact) mass is 209 g/mol. The van der Waals surface area contributed by atoms with Crippen molar-refractivity contribution in [1.82, 2.24) is 10.2 Å². The molecule has 1 saturated carbocycles. The lowest BCUT2D eigenvalue weighted by Gasteiger charge is -2.21. The third-order valence-electron chi connectivity index (χ3n) is 2.80. The van der Waals surface area contributed by atoms with Gasteiger partial charge in [-0.3, -0.25) is 0 Å². The number of nitrogens with one attached hydrogen (secondary N) is 1. The smallest absolute Gasteiger partial charge is 0.317 e. The van der Waals surface area contributed by atoms with E-state index in [-0.39, 0.29) is 11.9 Å². The van der Waals surface area contributed by atoms with Gasteiger partial charge in [-0.15, -0.1) is 0 Å². The molecule has 84 valence electrons. The molecule has 0 aromatic rings. The second kappa shape index (κ2) is 5.59. The second-order valence-corrected chi connectivity index (χ2v) is 4.34. The highest BCUT2D eigenvalue weighted by molar-refractivity contribution is 5.74. The molecule has 4 heteroatoms. The fourth-order valence-electron chi connectivity index (χ4n) is 1.89. The van der Waals surface area contributed by atoms with E-state index in [0.717, 1.165) is 12.8 Å². The van der Waals surface area contributed by atoms with Gasteiger partial charge in [0, 0.05) is 19.6 Å². The Labute approximate surface area is 91.2 Å². The molecule has 0 radical (unpaired) electrons. The Balaban J connectivity index is 2.29. The summed E-state index contributed by atoms with van der Waals surface area (Å²) in [6.45, 7) is 2.31. The van der Waals surface area contributed by atoms with Crippen LogP contribution >= 0.6 is 0 Å². The molecule has 0 heterocycles. The van der Waals surface area contributed by atoms with Crippen LogP contribution in [-0.4, -0.2) is 30.6 Å². The van der Waals surface area contributed by atoms with Gasteiger partial charge in [-0.1, -0.05) is 12.8 Å². The van der Waals surface area contributed by atoms with Crippen molar-refractivity contribution in [3.63, 3.8) is 0 Å². The zero-order chi connectivity index (χ0) is 11.3. The van der Waals surface area contributed by atoms with Crippen molar-refractivity contribution in [2.45, 2.75) is 38.6 Å². The fraction of sp³-hybridized carbons (Fsp3) is 0.818. The van der Waals surface area contributed by atoms with Crippen molar-refractivity contribution in [1.29, 1.82) is 5.26 Å². The summed E-state index contributed by atoms with van der Waals surface area (Å²) < 4.78 is 0. The van der Waals surface area contributed by atoms with Crippen molar-refractivity contribution in [3.8, 4) is 6.07 Å². The topological polar surface area (TPSA) is 56.1 Å². The van der Waals surface area contributed by atoms with Crippen LogP contribution in [0.4, 0.5) is 4.79 Å². The molecule has 0 aromatic carbocycles. The first-order valence-corrected chi connectivity index (χ1v) is 5.54. The number of carbonyl (C=O) groups excluding carboxylic acids is 1. The summed E-state index contributed by atoms with van der Waals surface area (Å²) in [7, 11) is 1.73. The molecule has 4 nitrogen and oxygen atoms in total. The summed E-state index contributed by atoms with van der Waals surface area (Å²) >= 11 is 0. The van der Waals surface area contributed by atoms with E-state index in [0.29, 0.717) is 12.6 Å². The van der Waals surface area contributed by atoms with Crippen LogP contribution in [-0.2, 0) is 0 Å². The highest BCUT2D eigenvalue weighted by Crippen LogP contribution is 2.17. The van der Waals surface area contributed by atoms with Crippen molar-refractivity contribution in [2.75, 3.05) is 13.6 Å². The van der Waals surface area contributed by atoms with Gasteiger partial charge in [0.2, 0.25) is 0 Å². The molecule has 1 aliphatic rings. The number of carbonyl (C=O) groups is 1. The molecule has 1 aliphatic carbocycles. The highest BCUT2D eigenvalue weighted by Gasteiger charge is 2.19. The number of nitriles is 1. The van der Waals surface area contributed by atoms with Crippen LogP contribution in [0.5, 0.6) is 0 Å². The van der Waals surface area contributed by atoms with Gasteiger partial charge in [-0.2, -0.15) is 5.26 Å². The zero-order valence-electron chi connectivity index (χ0n) is 9.49. The van der Waals surface area contributed by atoms with E-state index in [9.17, 15) is 4.79 Å². The van der Waals surface area contributed by atoms with Crippen LogP contribution in [0.2, 0.25) is 0 Å². The summed E-state index contributed by atoms with van der Waals surface area (Å²) in [5.41, 5.74) is 0. The normalized spacial score (nSPS) is 18.2. The molecule has 1 rings (SSSR count). The predicted molar refractivity (Wildman–Crippen MR) is 58.2 cm³/mol. The van der Waals surface area contributed by atoms with Gasteiger partial charge < -0.3 is 10.2 Å². The summed E-state index contributed by atoms with van der Waals surface area (Å²) in [6, 6.07) is 2.42. The molecule has 0 aromatic heterocycles. The largest absolute Gasteiger partial charge is 0.335 e. The molecule has 1 N–H and O–H groups in total. The SMILES string of the molecule is CC(C#N)CN(C)C(=O)NC1CCCC1. The molecule has 1 fully saturated rings. The average Bonchev–Trinajstić information content (AvgIpc) is 2.70. The van der Waals surface area contributed by atoms with Crippen LogP contribution in [0.3, 0.4) is 0 Å². The second-order valence-electron chi connectivity index (χ2n) is 4.34. The van der Waals surface area contributed by atoms with E-state index in [1.807, 2.05) is 6.92 Å². The van der Waals surface area contributed by atoms with Gasteiger partial charge in [0.25, 0.3) is 0 Å². The van der Waals surface area contributed by atoms with Crippen LogP contribution < -0.4 is 5.32 Å². The van der Waals surface area contributed by atoms with Gasteiger partial charge in [-0.25, -0.2) is 4.79 Å². The lowest BCUT2D eigenvalue weighted by Crippen LogP contribution is -2.43. The standard InChI is InChI=1S/C11H19N3O/c1-9(7-12)8-14(2)11(15)13-10-5-3-4-6-10/h9-10H,3-6,8H2,1-2H3,(H,13,15). The quantitative estimate of drug-likeness (QED) is 0.769. The maximum atomic E-state index is 11.7. The molecule has 0 saturated heterocycles. The highest BCUT2D eigenvalue weighted by atomic mass is 16.2. The van der Waals surface area contributed by atoms with Gasteiger partial charge in [0.15, 0.2) is 0 Å². The number of rotatable bonds is 3. The summed E-state index contributed by atoms with van der Waals surface area (Å²) in [5.74, 6) is -0.107. The number of amides is 2. The van der Waals surface area contributed by atoms with Crippen molar-refractivity contribution in [2.24, 2.45) is 5.92 Å². The Hall–Kier alpha value is -1.24. The number of urea groups is 1. The summed E-state index contributed by atoms with van der Waals surface area (Å²) in [4.78, 5) is 13.2. The van der Waals surface area contributed by atoms with E-state index < -0.39 is 0 Å². The predicted octanol–water partition coefficient (Wildman–Crippen LogP) is 1.73. The van der Waals surface area contributed by atoms with Gasteiger partial charge in [0.05, 0.1) is 12.0 Å². The van der Waals surface area contributed by atoms with Crippen molar-refractivity contribution >= 4 is 6.03 Å². The lowest BCUT2D eigenvalue weighted by molar-refractivity contribution is 0.201. The Morgan fingerprint density at radius 3 is 2.73 bits per heavy atom. The number of nitrogens with zero attached hydrogens (tertiary/aromatic N) is 2. The first-order valence-electron chi connectivity index (χ1n) is 5.54. The summed E-state index contributed by atoms with van der Waals surface area (Å²) in [5, 5.41) is 11.6. The molecule has 2 amide bonds. The third-order valence-corrected chi connectivity index (χ3v) is 2.80. The minimum absolute atomic E-state index is 0.0519. The van der Waals surface area contributed by atoms with Gasteiger partial charge in [-0.05, 0) is 19.8 Å². The Morgan fingerprint density at radius 2 is 2.20 bits per heavy atom. The summed E-state index contributed by atoms with van der Waals surface area (Å²) in [6.07, 6.45) is 4.60. The van der Waals surface area contributed by atoms with E-state index >= 15 is 0 Å². The minimum Gasteiger partial charge on any atom is -0.335 e. The minimum atomic E-state index is -0.107. The lowest BCUT2D eigenvalue weighted by atomic mass is 10.2. The first-order chi connectivity index (χ1) is 7.13. The van der Waals surface area contributed by atoms with E-state index in [1.165, 1.54) is 12.8 Å². The van der Waals surface area contributed by atoms with Gasteiger partial charge in [0.1, 0.15) is 0 Å². The third kappa shape index (κ3) is 3.78. The Morgan fingerprint density at radius 1 is 1.60 bits per heavy atom. The van der Waals surface area contributed by atoms with E-state index in [4.69, 9.17) is 5.26 Å². The average molecular weight is 209 g/mol. The Bertz CT molecular complexity index is 253. The molecule has 1 unspecified atom stereocenters. The molecule has 15 heavy (non-hydrogen) atoms. The number of hydrogen-bond donors (Lipinski definition) is 1. The molecule has 1 atom stereocenters. The van der Waals surface area contributed by atoms with Gasteiger partial charge >= 0.3 is 6.03 Å². The molecular weight excluding hydrogens is 190 g/mol. The maximum absolute atomic E-state index is 11.7. The maximum Gasteiger partial charge on any atom is 0.317 e. The molecule has 0 spiro atoms. The molecular formula is C11H19N3O. The van der Waals surface area contributed by atoms with Crippen LogP contribution in [0.1, 0.15) is 32.6 Å². The van der Waals surface area contributed by atoms with Crippen molar-refractivity contribution in [3.05, 3.63) is 0 Å². The Kier molecular flexibility index (Phi) is 4.41. The first kappa shape index (κ1) is 11.8. The fourth-order valence-corrected chi connectivity index (χ4v) is 1.89. The van der Waals surface area contributed by atoms with E-state index in [1.54, 1.807) is 11.9 Å². The zero-order valence-corrected chi connectivity index (χ0v) is 9.49. The van der Waals surface area contributed by atoms with E-state index in [2.05, 4.69) is 11.4 Å². The van der Waals surface area contributed by atoms with Crippen LogP contribution in [0, 0.1) is 17.2 Å². The number of hydrogen-bond acceptors (Lipinski definition) is 2. The van der Waals surface area contributed by atoms with Crippen molar-refractivity contribution < 1.29 is 4.79 Å². The molecule has 0 aliphatic heterocycles. The van der Waals surface area contributed by atoms with Crippen LogP contribution in [0.25, 0.3) is 0 Å². The molecule has 0 bridgehead atoms.